The van der Waals surface area contributed by atoms with E-state index in [2.05, 4.69) is 0 Å². The average Bonchev–Trinajstić information content (AvgIpc) is 1.98. The average molecular weight is 175 g/mol. The zero-order valence-electron chi connectivity index (χ0n) is 6.40. The summed E-state index contributed by atoms with van der Waals surface area (Å²) in [5, 5.41) is 16.4. The number of Topliss-reactive ketones (excluding diaryl/α,β-unsaturated/α-hetero) is 1. The second kappa shape index (κ2) is 4.45. The Bertz CT molecular complexity index is 198. The summed E-state index contributed by atoms with van der Waals surface area (Å²) in [5.41, 5.74) is 1.25. The van der Waals surface area contributed by atoms with E-state index in [1.54, 1.807) is 0 Å². The second-order valence-corrected chi connectivity index (χ2v) is 2.24. The number of amides is 1. The van der Waals surface area contributed by atoms with Crippen molar-refractivity contribution in [2.24, 2.45) is 5.92 Å². The topological polar surface area (TPSA) is 104 Å². The first-order valence-corrected chi connectivity index (χ1v) is 3.15. The van der Waals surface area contributed by atoms with E-state index >= 15 is 0 Å². The van der Waals surface area contributed by atoms with Crippen molar-refractivity contribution in [2.45, 2.75) is 13.3 Å². The molecule has 0 aliphatic heterocycles. The molecule has 12 heavy (non-hydrogen) atoms. The first-order chi connectivity index (χ1) is 5.49. The lowest BCUT2D eigenvalue weighted by atomic mass is 10.0. The van der Waals surface area contributed by atoms with Crippen LogP contribution in [0.2, 0.25) is 0 Å². The molecule has 0 fully saturated rings. The van der Waals surface area contributed by atoms with Crippen LogP contribution in [0.4, 0.5) is 0 Å². The monoisotopic (exact) mass is 175 g/mol. The lowest BCUT2D eigenvalue weighted by Crippen LogP contribution is -2.29. The van der Waals surface area contributed by atoms with Gasteiger partial charge < -0.3 is 5.11 Å². The van der Waals surface area contributed by atoms with E-state index in [9.17, 15) is 14.4 Å². The Labute approximate surface area is 68.1 Å². The van der Waals surface area contributed by atoms with Gasteiger partial charge in [-0.3, -0.25) is 19.6 Å². The van der Waals surface area contributed by atoms with Crippen LogP contribution in [0.5, 0.6) is 0 Å². The Hall–Kier alpha value is -1.43. The molecular formula is C6H9NO5. The number of ketones is 1. The summed E-state index contributed by atoms with van der Waals surface area (Å²) in [5.74, 6) is -4.26. The SMILES string of the molecule is CC(=O)C(CC(=O)NO)C(=O)O. The van der Waals surface area contributed by atoms with Crippen LogP contribution in [0.1, 0.15) is 13.3 Å². The fraction of sp³-hybridized carbons (Fsp3) is 0.500. The van der Waals surface area contributed by atoms with Crippen LogP contribution < -0.4 is 5.48 Å². The van der Waals surface area contributed by atoms with Crippen LogP contribution in [-0.2, 0) is 14.4 Å². The molecule has 1 atom stereocenters. The van der Waals surface area contributed by atoms with Gasteiger partial charge in [-0.25, -0.2) is 5.48 Å². The van der Waals surface area contributed by atoms with Crippen molar-refractivity contribution in [1.82, 2.24) is 5.48 Å². The summed E-state index contributed by atoms with van der Waals surface area (Å²) in [7, 11) is 0. The van der Waals surface area contributed by atoms with E-state index < -0.39 is 30.0 Å². The summed E-state index contributed by atoms with van der Waals surface area (Å²) in [4.78, 5) is 31.4. The number of hydrogen-bond acceptors (Lipinski definition) is 4. The van der Waals surface area contributed by atoms with E-state index in [0.717, 1.165) is 6.92 Å². The largest absolute Gasteiger partial charge is 0.481 e. The highest BCUT2D eigenvalue weighted by atomic mass is 16.5. The summed E-state index contributed by atoms with van der Waals surface area (Å²) < 4.78 is 0. The van der Waals surface area contributed by atoms with E-state index in [4.69, 9.17) is 10.3 Å². The van der Waals surface area contributed by atoms with Gasteiger partial charge in [-0.05, 0) is 6.92 Å². The molecule has 68 valence electrons. The summed E-state index contributed by atoms with van der Waals surface area (Å²) in [6.45, 7) is 1.07. The van der Waals surface area contributed by atoms with Gasteiger partial charge in [-0.15, -0.1) is 0 Å². The highest BCUT2D eigenvalue weighted by Crippen LogP contribution is 2.04. The molecule has 0 aromatic carbocycles. The molecule has 1 amide bonds. The van der Waals surface area contributed by atoms with Crippen LogP contribution in [-0.4, -0.2) is 28.0 Å². The molecule has 3 N–H and O–H groups in total. The molecule has 0 spiro atoms. The third-order valence-electron chi connectivity index (χ3n) is 1.30. The summed E-state index contributed by atoms with van der Waals surface area (Å²) in [6, 6.07) is 0. The number of aliphatic carboxylic acids is 1. The number of carbonyl (C=O) groups excluding carboxylic acids is 2. The molecule has 0 saturated carbocycles. The molecule has 0 aromatic heterocycles. The zero-order valence-corrected chi connectivity index (χ0v) is 6.40. The van der Waals surface area contributed by atoms with Gasteiger partial charge in [-0.1, -0.05) is 0 Å². The number of nitrogens with one attached hydrogen (secondary N) is 1. The Morgan fingerprint density at radius 2 is 1.92 bits per heavy atom. The lowest BCUT2D eigenvalue weighted by molar-refractivity contribution is -0.149. The molecule has 6 heteroatoms. The fourth-order valence-corrected chi connectivity index (χ4v) is 0.636. The van der Waals surface area contributed by atoms with Crippen molar-refractivity contribution < 1.29 is 24.7 Å². The molecule has 0 rings (SSSR count). The van der Waals surface area contributed by atoms with Gasteiger partial charge in [0.25, 0.3) is 0 Å². The smallest absolute Gasteiger partial charge is 0.314 e. The Morgan fingerprint density at radius 1 is 1.42 bits per heavy atom. The molecule has 0 heterocycles. The number of hydroxylamine groups is 1. The van der Waals surface area contributed by atoms with Crippen LogP contribution in [0, 0.1) is 5.92 Å². The number of rotatable bonds is 4. The number of carbonyl (C=O) groups is 3. The van der Waals surface area contributed by atoms with Crippen LogP contribution in [0.25, 0.3) is 0 Å². The van der Waals surface area contributed by atoms with Crippen molar-refractivity contribution >= 4 is 17.7 Å². The van der Waals surface area contributed by atoms with Crippen molar-refractivity contribution in [3.05, 3.63) is 0 Å². The standard InChI is InChI=1S/C6H9NO5/c1-3(8)4(6(10)11)2-5(9)7-12/h4,12H,2H2,1H3,(H,7,9)(H,10,11). The molecule has 0 saturated heterocycles. The Morgan fingerprint density at radius 3 is 2.17 bits per heavy atom. The van der Waals surface area contributed by atoms with Gasteiger partial charge in [0.15, 0.2) is 0 Å². The lowest BCUT2D eigenvalue weighted by Gasteiger charge is -2.05. The molecule has 6 nitrogen and oxygen atoms in total. The predicted molar refractivity (Wildman–Crippen MR) is 36.4 cm³/mol. The highest BCUT2D eigenvalue weighted by molar-refractivity contribution is 6.00. The molecule has 0 radical (unpaired) electrons. The van der Waals surface area contributed by atoms with E-state index in [1.807, 2.05) is 0 Å². The van der Waals surface area contributed by atoms with Gasteiger partial charge in [0, 0.05) is 6.42 Å². The van der Waals surface area contributed by atoms with Gasteiger partial charge in [0.2, 0.25) is 5.91 Å². The van der Waals surface area contributed by atoms with Crippen molar-refractivity contribution in [3.63, 3.8) is 0 Å². The van der Waals surface area contributed by atoms with E-state index in [-0.39, 0.29) is 0 Å². The van der Waals surface area contributed by atoms with Crippen molar-refractivity contribution in [1.29, 1.82) is 0 Å². The first-order valence-electron chi connectivity index (χ1n) is 3.15. The Kier molecular flexibility index (Phi) is 3.92. The van der Waals surface area contributed by atoms with E-state index in [0.29, 0.717) is 0 Å². The summed E-state index contributed by atoms with van der Waals surface area (Å²) >= 11 is 0. The number of hydrogen-bond donors (Lipinski definition) is 3. The maximum absolute atomic E-state index is 10.6. The van der Waals surface area contributed by atoms with Crippen LogP contribution in [0.3, 0.4) is 0 Å². The maximum atomic E-state index is 10.6. The van der Waals surface area contributed by atoms with Gasteiger partial charge >= 0.3 is 5.97 Å². The second-order valence-electron chi connectivity index (χ2n) is 2.24. The maximum Gasteiger partial charge on any atom is 0.314 e. The first kappa shape index (κ1) is 10.6. The van der Waals surface area contributed by atoms with Crippen molar-refractivity contribution in [3.8, 4) is 0 Å². The molecule has 0 bridgehead atoms. The van der Waals surface area contributed by atoms with Crippen molar-refractivity contribution in [2.75, 3.05) is 0 Å². The molecule has 0 aliphatic rings. The minimum atomic E-state index is -1.38. The van der Waals surface area contributed by atoms with Gasteiger partial charge in [0.05, 0.1) is 0 Å². The van der Waals surface area contributed by atoms with Gasteiger partial charge in [0.1, 0.15) is 11.7 Å². The van der Waals surface area contributed by atoms with Crippen LogP contribution >= 0.6 is 0 Å². The Balaban J connectivity index is 4.24. The minimum absolute atomic E-state index is 0.541. The quantitative estimate of drug-likeness (QED) is 0.294. The molecule has 0 aliphatic carbocycles. The van der Waals surface area contributed by atoms with Gasteiger partial charge in [-0.2, -0.15) is 0 Å². The van der Waals surface area contributed by atoms with E-state index in [1.165, 1.54) is 5.48 Å². The zero-order chi connectivity index (χ0) is 9.72. The molecular weight excluding hydrogens is 166 g/mol. The minimum Gasteiger partial charge on any atom is -0.481 e. The predicted octanol–water partition coefficient (Wildman–Crippen LogP) is -0.828. The third-order valence-corrected chi connectivity index (χ3v) is 1.30. The molecule has 0 aromatic rings. The molecule has 1 unspecified atom stereocenters. The third kappa shape index (κ3) is 3.11. The normalized spacial score (nSPS) is 11.8. The fourth-order valence-electron chi connectivity index (χ4n) is 0.636. The summed E-state index contributed by atoms with van der Waals surface area (Å²) in [6.07, 6.45) is -0.541. The van der Waals surface area contributed by atoms with Crippen LogP contribution in [0.15, 0.2) is 0 Å². The highest BCUT2D eigenvalue weighted by Gasteiger charge is 2.25. The number of carboxylic acids is 1. The number of carboxylic acid groups (broad SMARTS) is 1.